The number of amidine groups is 1. The number of hydrogen-bond acceptors (Lipinski definition) is 4. The monoisotopic (exact) mass is 440 g/mol. The van der Waals surface area contributed by atoms with Crippen LogP contribution in [0.15, 0.2) is 30.6 Å². The Labute approximate surface area is 190 Å². The summed E-state index contributed by atoms with van der Waals surface area (Å²) in [4.78, 5) is 28.5. The molecule has 2 heterocycles. The summed E-state index contributed by atoms with van der Waals surface area (Å²) in [5.74, 6) is -0.371. The van der Waals surface area contributed by atoms with Crippen LogP contribution in [0, 0.1) is 5.41 Å². The van der Waals surface area contributed by atoms with Gasteiger partial charge >= 0.3 is 0 Å². The molecule has 5 N–H and O–H groups in total. The van der Waals surface area contributed by atoms with Crippen LogP contribution in [0.3, 0.4) is 0 Å². The molecule has 0 aliphatic carbocycles. The van der Waals surface area contributed by atoms with Crippen LogP contribution >= 0.6 is 0 Å². The molecular formula is C24H36N6O2. The highest BCUT2D eigenvalue weighted by Gasteiger charge is 2.17. The second-order valence-electron chi connectivity index (χ2n) is 8.02. The number of nitrogens with two attached hydrogens (primary N) is 1. The van der Waals surface area contributed by atoms with Crippen molar-refractivity contribution in [1.82, 2.24) is 20.2 Å². The fourth-order valence-corrected chi connectivity index (χ4v) is 3.56. The zero-order valence-corrected chi connectivity index (χ0v) is 19.2. The van der Waals surface area contributed by atoms with Gasteiger partial charge in [-0.2, -0.15) is 0 Å². The van der Waals surface area contributed by atoms with E-state index in [0.717, 1.165) is 13.0 Å². The van der Waals surface area contributed by atoms with Gasteiger partial charge in [-0.15, -0.1) is 0 Å². The Kier molecular flexibility index (Phi) is 10.4. The van der Waals surface area contributed by atoms with Crippen LogP contribution in [0.25, 0.3) is 11.3 Å². The van der Waals surface area contributed by atoms with Crippen molar-refractivity contribution in [2.45, 2.75) is 58.3 Å². The molecule has 0 bridgehead atoms. The molecule has 0 atom stereocenters. The average Bonchev–Trinajstić information content (AvgIpc) is 3.17. The molecule has 2 aromatic rings. The summed E-state index contributed by atoms with van der Waals surface area (Å²) < 4.78 is 1.69. The summed E-state index contributed by atoms with van der Waals surface area (Å²) in [7, 11) is 1.76. The molecule has 32 heavy (non-hydrogen) atoms. The molecule has 0 unspecified atom stereocenters. The maximum atomic E-state index is 12.6. The number of aryl methyl sites for hydroxylation is 1. The first kappa shape index (κ1) is 25.1. The van der Waals surface area contributed by atoms with Crippen molar-refractivity contribution in [3.8, 4) is 11.3 Å². The van der Waals surface area contributed by atoms with Crippen molar-refractivity contribution in [2.24, 2.45) is 12.8 Å². The molecule has 0 fully saturated rings. The van der Waals surface area contributed by atoms with E-state index < -0.39 is 5.91 Å². The van der Waals surface area contributed by atoms with E-state index >= 15 is 0 Å². The number of hydrogen-bond donors (Lipinski definition) is 4. The van der Waals surface area contributed by atoms with E-state index in [9.17, 15) is 9.59 Å². The van der Waals surface area contributed by atoms with Crippen LogP contribution in [-0.2, 0) is 7.05 Å². The van der Waals surface area contributed by atoms with Gasteiger partial charge in [-0.3, -0.25) is 20.0 Å². The topological polar surface area (TPSA) is 126 Å². The van der Waals surface area contributed by atoms with Crippen molar-refractivity contribution in [3.63, 3.8) is 0 Å². The van der Waals surface area contributed by atoms with Gasteiger partial charge in [0.2, 0.25) is 0 Å². The Morgan fingerprint density at radius 1 is 1.09 bits per heavy atom. The van der Waals surface area contributed by atoms with E-state index in [2.05, 4.69) is 22.5 Å². The van der Waals surface area contributed by atoms with Gasteiger partial charge in [0.15, 0.2) is 0 Å². The molecule has 0 saturated carbocycles. The van der Waals surface area contributed by atoms with Gasteiger partial charge in [-0.05, 0) is 24.6 Å². The number of pyridine rings is 1. The lowest BCUT2D eigenvalue weighted by Gasteiger charge is -2.09. The molecule has 0 aromatic carbocycles. The highest BCUT2D eigenvalue weighted by molar-refractivity contribution is 6.00. The lowest BCUT2D eigenvalue weighted by Crippen LogP contribution is -2.31. The standard InChI is InChI=1S/C24H36N6O2/c1-3-4-5-6-7-8-9-13-27-21(25)12-15-29-24(32)20-16-18(17-30(20)2)22-19(23(26)31)11-10-14-28-22/h10-11,14,16-17H,3-9,12-13,15H2,1-2H3,(H2,25,27)(H2,26,31)(H,29,32). The molecule has 8 nitrogen and oxygen atoms in total. The molecule has 0 saturated heterocycles. The minimum Gasteiger partial charge on any atom is -0.374 e. The van der Waals surface area contributed by atoms with Crippen molar-refractivity contribution < 1.29 is 9.59 Å². The lowest BCUT2D eigenvalue weighted by atomic mass is 10.1. The number of rotatable bonds is 14. The van der Waals surface area contributed by atoms with Crippen LogP contribution in [-0.4, -0.2) is 40.3 Å². The minimum atomic E-state index is -0.564. The van der Waals surface area contributed by atoms with Crippen molar-refractivity contribution in [2.75, 3.05) is 13.1 Å². The Morgan fingerprint density at radius 3 is 2.53 bits per heavy atom. The smallest absolute Gasteiger partial charge is 0.267 e. The largest absolute Gasteiger partial charge is 0.374 e. The number of aromatic nitrogens is 2. The van der Waals surface area contributed by atoms with Crippen LogP contribution < -0.4 is 16.4 Å². The third kappa shape index (κ3) is 7.83. The summed E-state index contributed by atoms with van der Waals surface area (Å²) in [6, 6.07) is 4.95. The van der Waals surface area contributed by atoms with Crippen molar-refractivity contribution in [1.29, 1.82) is 5.41 Å². The van der Waals surface area contributed by atoms with Gasteiger partial charge in [0.25, 0.3) is 11.8 Å². The lowest BCUT2D eigenvalue weighted by molar-refractivity contribution is 0.0945. The zero-order chi connectivity index (χ0) is 23.3. The first-order chi connectivity index (χ1) is 15.4. The Hall–Kier alpha value is -3.16. The summed E-state index contributed by atoms with van der Waals surface area (Å²) >= 11 is 0. The van der Waals surface area contributed by atoms with Crippen LogP contribution in [0.2, 0.25) is 0 Å². The van der Waals surface area contributed by atoms with Gasteiger partial charge in [-0.25, -0.2) is 0 Å². The predicted octanol–water partition coefficient (Wildman–Crippen LogP) is 3.62. The number of carbonyl (C=O) groups is 2. The van der Waals surface area contributed by atoms with E-state index in [-0.39, 0.29) is 5.91 Å². The molecule has 2 aromatic heterocycles. The highest BCUT2D eigenvalue weighted by Crippen LogP contribution is 2.23. The van der Waals surface area contributed by atoms with Crippen LogP contribution in [0.1, 0.15) is 79.1 Å². The molecule has 0 spiro atoms. The van der Waals surface area contributed by atoms with E-state index in [1.807, 2.05) is 0 Å². The number of nitrogens with zero attached hydrogens (tertiary/aromatic N) is 2. The molecule has 8 heteroatoms. The molecule has 0 aliphatic heterocycles. The molecule has 0 aliphatic rings. The van der Waals surface area contributed by atoms with Crippen LogP contribution in [0.5, 0.6) is 0 Å². The van der Waals surface area contributed by atoms with Gasteiger partial charge in [-0.1, -0.05) is 45.4 Å². The molecule has 2 amide bonds. The van der Waals surface area contributed by atoms with Gasteiger partial charge in [0.1, 0.15) is 5.69 Å². The third-order valence-electron chi connectivity index (χ3n) is 5.36. The normalized spacial score (nSPS) is 10.7. The molecule has 0 radical (unpaired) electrons. The third-order valence-corrected chi connectivity index (χ3v) is 5.36. The van der Waals surface area contributed by atoms with Crippen LogP contribution in [0.4, 0.5) is 0 Å². The van der Waals surface area contributed by atoms with E-state index in [1.54, 1.807) is 42.2 Å². The second kappa shape index (κ2) is 13.3. The predicted molar refractivity (Wildman–Crippen MR) is 128 cm³/mol. The van der Waals surface area contributed by atoms with E-state index in [1.165, 1.54) is 38.5 Å². The van der Waals surface area contributed by atoms with Gasteiger partial charge < -0.3 is 20.9 Å². The first-order valence-electron chi connectivity index (χ1n) is 11.4. The Morgan fingerprint density at radius 2 is 1.81 bits per heavy atom. The quantitative estimate of drug-likeness (QED) is 0.203. The van der Waals surface area contributed by atoms with Crippen molar-refractivity contribution in [3.05, 3.63) is 41.9 Å². The summed E-state index contributed by atoms with van der Waals surface area (Å²) in [5, 5.41) is 14.0. The number of carbonyl (C=O) groups excluding carboxylic acids is 2. The summed E-state index contributed by atoms with van der Waals surface area (Å²) in [6.07, 6.45) is 12.5. The van der Waals surface area contributed by atoms with E-state index in [4.69, 9.17) is 11.1 Å². The summed E-state index contributed by atoms with van der Waals surface area (Å²) in [6.45, 7) is 3.39. The Bertz CT molecular complexity index is 906. The molecule has 174 valence electrons. The molecular weight excluding hydrogens is 404 g/mol. The average molecular weight is 441 g/mol. The zero-order valence-electron chi connectivity index (χ0n) is 19.2. The maximum absolute atomic E-state index is 12.6. The maximum Gasteiger partial charge on any atom is 0.267 e. The fourth-order valence-electron chi connectivity index (χ4n) is 3.56. The number of nitrogens with one attached hydrogen (secondary N) is 3. The first-order valence-corrected chi connectivity index (χ1v) is 11.4. The fraction of sp³-hybridized carbons (Fsp3) is 0.500. The highest BCUT2D eigenvalue weighted by atomic mass is 16.2. The van der Waals surface area contributed by atoms with E-state index in [0.29, 0.717) is 41.3 Å². The minimum absolute atomic E-state index is 0.241. The summed E-state index contributed by atoms with van der Waals surface area (Å²) in [5.41, 5.74) is 7.29. The second-order valence-corrected chi connectivity index (χ2v) is 8.02. The number of amides is 2. The SMILES string of the molecule is CCCCCCCCCNC(=N)CCNC(=O)c1cc(-c2ncccc2C(N)=O)cn1C. The number of primary amides is 1. The Balaban J connectivity index is 1.75. The van der Waals surface area contributed by atoms with Gasteiger partial charge in [0.05, 0.1) is 17.1 Å². The molecule has 2 rings (SSSR count). The van der Waals surface area contributed by atoms with Crippen molar-refractivity contribution >= 4 is 17.6 Å². The van der Waals surface area contributed by atoms with Gasteiger partial charge in [0, 0.05) is 44.5 Å². The number of unbranched alkanes of at least 4 members (excludes halogenated alkanes) is 6.